The predicted molar refractivity (Wildman–Crippen MR) is 25.4 cm³/mol. The molecule has 0 aromatic heterocycles. The van der Waals surface area contributed by atoms with Gasteiger partial charge in [0.15, 0.2) is 0 Å². The van der Waals surface area contributed by atoms with Crippen LogP contribution in [0.2, 0.25) is 0 Å². The molecule has 1 aliphatic rings. The molecule has 40 valence electrons. The van der Waals surface area contributed by atoms with Gasteiger partial charge in [0.05, 0.1) is 13.1 Å². The molecule has 1 aliphatic heterocycles. The minimum atomic E-state index is 0.753. The third-order valence-electron chi connectivity index (χ3n) is 0.853. The molecular weight excluding hydrogens is 94.1 g/mol. The maximum Gasteiger partial charge on any atom is 0.135 e. The van der Waals surface area contributed by atoms with Crippen molar-refractivity contribution in [3.05, 3.63) is 5.21 Å². The van der Waals surface area contributed by atoms with Gasteiger partial charge in [-0.3, -0.25) is 10.6 Å². The lowest BCUT2D eigenvalue weighted by molar-refractivity contribution is -0.725. The first-order valence-electron chi connectivity index (χ1n) is 2.14. The van der Waals surface area contributed by atoms with E-state index < -0.39 is 0 Å². The molecule has 0 aromatic rings. The summed E-state index contributed by atoms with van der Waals surface area (Å²) in [5.74, 6) is 0. The molecule has 1 heterocycles. The number of quaternary nitrogens is 1. The number of rotatable bonds is 1. The lowest BCUT2D eigenvalue weighted by Crippen LogP contribution is -2.87. The molecule has 0 bridgehead atoms. The van der Waals surface area contributed by atoms with E-state index in [1.54, 1.807) is 6.34 Å². The molecule has 1 rings (SSSR count). The summed E-state index contributed by atoms with van der Waals surface area (Å²) in [4.78, 5) is 3.81. The van der Waals surface area contributed by atoms with Crippen LogP contribution in [0.15, 0.2) is 4.99 Å². The second kappa shape index (κ2) is 1.90. The van der Waals surface area contributed by atoms with Crippen LogP contribution in [0.3, 0.4) is 0 Å². The molecule has 4 heteroatoms. The second-order valence-electron chi connectivity index (χ2n) is 1.36. The summed E-state index contributed by atoms with van der Waals surface area (Å²) < 4.78 is 0. The van der Waals surface area contributed by atoms with Crippen molar-refractivity contribution >= 4 is 6.34 Å². The average molecular weight is 101 g/mol. The summed E-state index contributed by atoms with van der Waals surface area (Å²) in [6.45, 7) is 1.52. The molecule has 2 N–H and O–H groups in total. The Morgan fingerprint density at radius 2 is 2.71 bits per heavy atom. The summed E-state index contributed by atoms with van der Waals surface area (Å²) in [5, 5.41) is 11.4. The summed E-state index contributed by atoms with van der Waals surface area (Å²) in [5.41, 5.74) is 0.774. The van der Waals surface area contributed by atoms with E-state index in [-0.39, 0.29) is 0 Å². The van der Waals surface area contributed by atoms with Crippen LogP contribution >= 0.6 is 0 Å². The molecule has 0 amide bonds. The highest BCUT2D eigenvalue weighted by Crippen LogP contribution is 1.80. The summed E-state index contributed by atoms with van der Waals surface area (Å²) in [6.07, 6.45) is 1.55. The van der Waals surface area contributed by atoms with Gasteiger partial charge in [-0.15, -0.1) is 0 Å². The van der Waals surface area contributed by atoms with Crippen LogP contribution in [-0.4, -0.2) is 24.4 Å². The Balaban J connectivity index is 2.28. The van der Waals surface area contributed by atoms with Gasteiger partial charge in [-0.1, -0.05) is 0 Å². The lowest BCUT2D eigenvalue weighted by atomic mass is 10.7. The fraction of sp³-hybridized carbons (Fsp3) is 0.667. The van der Waals surface area contributed by atoms with Crippen molar-refractivity contribution in [2.45, 2.75) is 0 Å². The maximum atomic E-state index is 9.84. The Labute approximate surface area is 41.4 Å². The van der Waals surface area contributed by atoms with Crippen molar-refractivity contribution in [1.29, 1.82) is 0 Å². The monoisotopic (exact) mass is 101 g/mol. The summed E-state index contributed by atoms with van der Waals surface area (Å²) in [6, 6.07) is 0. The van der Waals surface area contributed by atoms with Crippen molar-refractivity contribution in [1.82, 2.24) is 5.01 Å². The van der Waals surface area contributed by atoms with E-state index in [1.165, 1.54) is 5.01 Å². The van der Waals surface area contributed by atoms with Crippen molar-refractivity contribution < 1.29 is 5.59 Å². The van der Waals surface area contributed by atoms with Crippen molar-refractivity contribution in [3.8, 4) is 0 Å². The lowest BCUT2D eigenvalue weighted by Gasteiger charge is -2.10. The molecule has 0 aromatic carbocycles. The van der Waals surface area contributed by atoms with Gasteiger partial charge in [0.25, 0.3) is 0 Å². The summed E-state index contributed by atoms with van der Waals surface area (Å²) >= 11 is 0. The van der Waals surface area contributed by atoms with Crippen LogP contribution in [0.1, 0.15) is 0 Å². The number of nitrogens with two attached hydrogens (primary N) is 1. The van der Waals surface area contributed by atoms with Gasteiger partial charge in [0.1, 0.15) is 6.34 Å². The van der Waals surface area contributed by atoms with Crippen LogP contribution < -0.4 is 5.59 Å². The average Bonchev–Trinajstić information content (AvgIpc) is 2.14. The predicted octanol–water partition coefficient (Wildman–Crippen LogP) is -1.69. The SMILES string of the molecule is [O-][NH2+]N1C=NCC1. The third kappa shape index (κ3) is 0.880. The minimum Gasteiger partial charge on any atom is -0.609 e. The Morgan fingerprint density at radius 3 is 3.00 bits per heavy atom. The van der Waals surface area contributed by atoms with Gasteiger partial charge in [0, 0.05) is 0 Å². The van der Waals surface area contributed by atoms with Crippen molar-refractivity contribution in [2.24, 2.45) is 4.99 Å². The van der Waals surface area contributed by atoms with Gasteiger partial charge in [-0.25, -0.2) is 5.01 Å². The zero-order valence-corrected chi connectivity index (χ0v) is 3.87. The molecule has 0 atom stereocenters. The van der Waals surface area contributed by atoms with Gasteiger partial charge in [-0.2, -0.15) is 0 Å². The van der Waals surface area contributed by atoms with Crippen LogP contribution in [0.5, 0.6) is 0 Å². The Morgan fingerprint density at radius 1 is 1.86 bits per heavy atom. The van der Waals surface area contributed by atoms with Gasteiger partial charge in [-0.05, 0) is 0 Å². The van der Waals surface area contributed by atoms with Crippen LogP contribution in [0.4, 0.5) is 0 Å². The molecule has 0 aliphatic carbocycles. The van der Waals surface area contributed by atoms with Crippen LogP contribution in [-0.2, 0) is 0 Å². The first kappa shape index (κ1) is 4.55. The molecule has 0 saturated heterocycles. The molecule has 0 saturated carbocycles. The molecule has 0 unspecified atom stereocenters. The van der Waals surface area contributed by atoms with Gasteiger partial charge >= 0.3 is 0 Å². The van der Waals surface area contributed by atoms with Crippen molar-refractivity contribution in [2.75, 3.05) is 13.1 Å². The maximum absolute atomic E-state index is 9.84. The highest BCUT2D eigenvalue weighted by Gasteiger charge is 2.00. The number of hydrogen-bond acceptors (Lipinski definition) is 3. The highest BCUT2D eigenvalue weighted by molar-refractivity contribution is 5.54. The van der Waals surface area contributed by atoms with Gasteiger partial charge < -0.3 is 5.21 Å². The Hall–Kier alpha value is -0.610. The van der Waals surface area contributed by atoms with Crippen LogP contribution in [0, 0.1) is 5.21 Å². The quantitative estimate of drug-likeness (QED) is 0.316. The van der Waals surface area contributed by atoms with E-state index in [9.17, 15) is 5.21 Å². The zero-order chi connectivity index (χ0) is 5.11. The van der Waals surface area contributed by atoms with E-state index in [0.717, 1.165) is 18.7 Å². The molecular formula is C3H7N3O. The van der Waals surface area contributed by atoms with E-state index >= 15 is 0 Å². The number of aliphatic imine (C=N–C) groups is 1. The Kier molecular flexibility index (Phi) is 1.24. The van der Waals surface area contributed by atoms with Crippen molar-refractivity contribution in [3.63, 3.8) is 0 Å². The van der Waals surface area contributed by atoms with Crippen LogP contribution in [0.25, 0.3) is 0 Å². The molecule has 0 fully saturated rings. The third-order valence-corrected chi connectivity index (χ3v) is 0.853. The van der Waals surface area contributed by atoms with E-state index in [0.29, 0.717) is 0 Å². The minimum absolute atomic E-state index is 0.753. The topological polar surface area (TPSA) is 55.3 Å². The largest absolute Gasteiger partial charge is 0.609 e. The molecule has 0 radical (unpaired) electrons. The number of nitrogens with zero attached hydrogens (tertiary/aromatic N) is 2. The molecule has 4 nitrogen and oxygen atoms in total. The molecule has 0 spiro atoms. The molecule has 7 heavy (non-hydrogen) atoms. The first-order chi connectivity index (χ1) is 3.43. The fourth-order valence-corrected chi connectivity index (χ4v) is 0.473. The highest BCUT2D eigenvalue weighted by atomic mass is 16.5. The second-order valence-corrected chi connectivity index (χ2v) is 1.36. The van der Waals surface area contributed by atoms with Gasteiger partial charge in [0.2, 0.25) is 0 Å². The summed E-state index contributed by atoms with van der Waals surface area (Å²) in [7, 11) is 0. The van der Waals surface area contributed by atoms with E-state index in [4.69, 9.17) is 0 Å². The Bertz CT molecular complexity index is 82.2. The van der Waals surface area contributed by atoms with E-state index in [1.807, 2.05) is 0 Å². The zero-order valence-electron chi connectivity index (χ0n) is 3.87. The smallest absolute Gasteiger partial charge is 0.135 e. The standard InChI is InChI=1S/C3H7N3O/c7-5-6-2-1-4-3-6/h3H,1-2,5H2. The fourth-order valence-electron chi connectivity index (χ4n) is 0.473. The van der Waals surface area contributed by atoms with E-state index in [2.05, 4.69) is 4.99 Å². The number of hydrogen-bond donors (Lipinski definition) is 1. The normalized spacial score (nSPS) is 18.7. The first-order valence-corrected chi connectivity index (χ1v) is 2.14.